The summed E-state index contributed by atoms with van der Waals surface area (Å²) >= 11 is 0. The van der Waals surface area contributed by atoms with Crippen molar-refractivity contribution >= 4 is 6.09 Å². The zero-order valence-corrected chi connectivity index (χ0v) is 16.0. The van der Waals surface area contributed by atoms with Crippen LogP contribution in [0, 0.1) is 6.92 Å². The lowest BCUT2D eigenvalue weighted by Gasteiger charge is -2.32. The fourth-order valence-electron chi connectivity index (χ4n) is 4.06. The SMILES string of the molecule is Cc1ccc2c(c1)C(NC1CCC(NC(=O)OC(C)(C)C)CC1)CC2. The fraction of sp³-hybridized carbons (Fsp3) is 0.667. The standard InChI is InChI=1S/C21H32N2O2/c1-14-5-6-15-7-12-19(18(15)13-14)22-16-8-10-17(11-9-16)23-20(24)25-21(2,3)4/h5-6,13,16-17,19,22H,7-12H2,1-4H3,(H,23,24). The Kier molecular flexibility index (Phi) is 5.38. The quantitative estimate of drug-likeness (QED) is 0.854. The molecule has 2 aliphatic rings. The van der Waals surface area contributed by atoms with Gasteiger partial charge in [0.15, 0.2) is 0 Å². The average Bonchev–Trinajstić information content (AvgIpc) is 2.89. The summed E-state index contributed by atoms with van der Waals surface area (Å²) in [6.07, 6.45) is 6.35. The maximum absolute atomic E-state index is 11.9. The van der Waals surface area contributed by atoms with Crippen molar-refractivity contribution in [1.29, 1.82) is 0 Å². The van der Waals surface area contributed by atoms with Gasteiger partial charge in [0.1, 0.15) is 5.60 Å². The Morgan fingerprint density at radius 1 is 1.08 bits per heavy atom. The van der Waals surface area contributed by atoms with Crippen LogP contribution < -0.4 is 10.6 Å². The van der Waals surface area contributed by atoms with Crippen LogP contribution in [-0.2, 0) is 11.2 Å². The van der Waals surface area contributed by atoms with Crippen LogP contribution in [0.25, 0.3) is 0 Å². The van der Waals surface area contributed by atoms with Crippen molar-refractivity contribution in [2.24, 2.45) is 0 Å². The Morgan fingerprint density at radius 3 is 2.44 bits per heavy atom. The molecule has 4 nitrogen and oxygen atoms in total. The third kappa shape index (κ3) is 4.97. The highest BCUT2D eigenvalue weighted by atomic mass is 16.6. The highest BCUT2D eigenvalue weighted by molar-refractivity contribution is 5.68. The molecule has 3 rings (SSSR count). The minimum absolute atomic E-state index is 0.242. The van der Waals surface area contributed by atoms with E-state index in [-0.39, 0.29) is 12.1 Å². The second-order valence-corrected chi connectivity index (χ2v) is 8.65. The average molecular weight is 344 g/mol. The number of carbonyl (C=O) groups is 1. The summed E-state index contributed by atoms with van der Waals surface area (Å²) in [5.41, 5.74) is 3.91. The van der Waals surface area contributed by atoms with Crippen LogP contribution in [0.4, 0.5) is 4.79 Å². The number of hydrogen-bond donors (Lipinski definition) is 2. The van der Waals surface area contributed by atoms with E-state index < -0.39 is 5.60 Å². The lowest BCUT2D eigenvalue weighted by molar-refractivity contribution is 0.0489. The molecule has 138 valence electrons. The van der Waals surface area contributed by atoms with Crippen LogP contribution >= 0.6 is 0 Å². The van der Waals surface area contributed by atoms with Crippen molar-refractivity contribution in [3.05, 3.63) is 34.9 Å². The number of nitrogens with one attached hydrogen (secondary N) is 2. The molecular formula is C21H32N2O2. The number of carbonyl (C=O) groups excluding carboxylic acids is 1. The summed E-state index contributed by atoms with van der Waals surface area (Å²) in [5.74, 6) is 0. The molecule has 1 aromatic rings. The lowest BCUT2D eigenvalue weighted by Crippen LogP contribution is -2.44. The van der Waals surface area contributed by atoms with Crippen molar-refractivity contribution in [1.82, 2.24) is 10.6 Å². The smallest absolute Gasteiger partial charge is 0.407 e. The maximum Gasteiger partial charge on any atom is 0.407 e. The molecule has 0 saturated heterocycles. The van der Waals surface area contributed by atoms with E-state index >= 15 is 0 Å². The van der Waals surface area contributed by atoms with Crippen molar-refractivity contribution in [3.8, 4) is 0 Å². The predicted molar refractivity (Wildman–Crippen MR) is 101 cm³/mol. The molecule has 0 spiro atoms. The summed E-state index contributed by atoms with van der Waals surface area (Å²) in [6, 6.07) is 8.13. The third-order valence-corrected chi connectivity index (χ3v) is 5.26. The van der Waals surface area contributed by atoms with Gasteiger partial charge >= 0.3 is 6.09 Å². The molecule has 1 saturated carbocycles. The van der Waals surface area contributed by atoms with Crippen LogP contribution in [-0.4, -0.2) is 23.8 Å². The van der Waals surface area contributed by atoms with Gasteiger partial charge in [0.05, 0.1) is 0 Å². The zero-order chi connectivity index (χ0) is 18.0. The first-order valence-electron chi connectivity index (χ1n) is 9.65. The summed E-state index contributed by atoms with van der Waals surface area (Å²) in [7, 11) is 0. The van der Waals surface area contributed by atoms with E-state index in [1.165, 1.54) is 29.5 Å². The Bertz CT molecular complexity index is 613. The van der Waals surface area contributed by atoms with Crippen LogP contribution in [0.15, 0.2) is 18.2 Å². The Morgan fingerprint density at radius 2 is 1.76 bits per heavy atom. The highest BCUT2D eigenvalue weighted by Gasteiger charge is 2.28. The minimum Gasteiger partial charge on any atom is -0.444 e. The normalized spacial score (nSPS) is 26.2. The molecule has 1 amide bonds. The Labute approximate surface area is 151 Å². The number of aryl methyl sites for hydroxylation is 2. The van der Waals surface area contributed by atoms with Gasteiger partial charge in [-0.3, -0.25) is 0 Å². The number of amides is 1. The van der Waals surface area contributed by atoms with Gasteiger partial charge in [0, 0.05) is 18.1 Å². The van der Waals surface area contributed by atoms with E-state index in [1.54, 1.807) is 0 Å². The molecule has 1 aromatic carbocycles. The van der Waals surface area contributed by atoms with Gasteiger partial charge in [0.2, 0.25) is 0 Å². The van der Waals surface area contributed by atoms with Crippen molar-refractivity contribution in [2.75, 3.05) is 0 Å². The molecule has 4 heteroatoms. The van der Waals surface area contributed by atoms with Gasteiger partial charge < -0.3 is 15.4 Å². The molecule has 0 aromatic heterocycles. The lowest BCUT2D eigenvalue weighted by atomic mass is 9.90. The topological polar surface area (TPSA) is 50.4 Å². The third-order valence-electron chi connectivity index (χ3n) is 5.26. The second kappa shape index (κ2) is 7.36. The van der Waals surface area contributed by atoms with Crippen molar-refractivity contribution in [3.63, 3.8) is 0 Å². The number of fused-ring (bicyclic) bond motifs is 1. The summed E-state index contributed by atoms with van der Waals surface area (Å²) in [4.78, 5) is 11.9. The summed E-state index contributed by atoms with van der Waals surface area (Å²) in [6.45, 7) is 7.86. The van der Waals surface area contributed by atoms with Crippen LogP contribution in [0.1, 0.15) is 75.6 Å². The van der Waals surface area contributed by atoms with E-state index in [4.69, 9.17) is 4.74 Å². The van der Waals surface area contributed by atoms with Crippen molar-refractivity contribution < 1.29 is 9.53 Å². The fourth-order valence-corrected chi connectivity index (χ4v) is 4.06. The van der Waals surface area contributed by atoms with Crippen molar-refractivity contribution in [2.45, 2.75) is 89.9 Å². The van der Waals surface area contributed by atoms with Crippen LogP contribution in [0.3, 0.4) is 0 Å². The van der Waals surface area contributed by atoms with Gasteiger partial charge in [-0.2, -0.15) is 0 Å². The maximum atomic E-state index is 11.9. The largest absolute Gasteiger partial charge is 0.444 e. The van der Waals surface area contributed by atoms with E-state index in [0.29, 0.717) is 12.1 Å². The van der Waals surface area contributed by atoms with Gasteiger partial charge in [-0.15, -0.1) is 0 Å². The van der Waals surface area contributed by atoms with E-state index in [2.05, 4.69) is 35.8 Å². The number of rotatable bonds is 3. The zero-order valence-electron chi connectivity index (χ0n) is 16.0. The number of hydrogen-bond acceptors (Lipinski definition) is 3. The molecule has 1 unspecified atom stereocenters. The van der Waals surface area contributed by atoms with Gasteiger partial charge in [-0.25, -0.2) is 4.79 Å². The van der Waals surface area contributed by atoms with Crippen LogP contribution in [0.2, 0.25) is 0 Å². The molecule has 0 aliphatic heterocycles. The first-order valence-corrected chi connectivity index (χ1v) is 9.65. The van der Waals surface area contributed by atoms with E-state index in [9.17, 15) is 4.79 Å². The van der Waals surface area contributed by atoms with E-state index in [1.807, 2.05) is 20.8 Å². The number of benzene rings is 1. The van der Waals surface area contributed by atoms with E-state index in [0.717, 1.165) is 25.7 Å². The molecular weight excluding hydrogens is 312 g/mol. The molecule has 0 heterocycles. The Hall–Kier alpha value is -1.55. The predicted octanol–water partition coefficient (Wildman–Crippen LogP) is 4.41. The highest BCUT2D eigenvalue weighted by Crippen LogP contribution is 2.33. The van der Waals surface area contributed by atoms with Gasteiger partial charge in [0.25, 0.3) is 0 Å². The Balaban J connectivity index is 1.46. The molecule has 0 bridgehead atoms. The molecule has 1 fully saturated rings. The van der Waals surface area contributed by atoms with Gasteiger partial charge in [-0.05, 0) is 77.3 Å². The number of ether oxygens (including phenoxy) is 1. The summed E-state index contributed by atoms with van der Waals surface area (Å²) in [5, 5.41) is 6.89. The molecule has 1 atom stereocenters. The van der Waals surface area contributed by atoms with Crippen LogP contribution in [0.5, 0.6) is 0 Å². The minimum atomic E-state index is -0.434. The second-order valence-electron chi connectivity index (χ2n) is 8.65. The van der Waals surface area contributed by atoms with Gasteiger partial charge in [-0.1, -0.05) is 23.8 Å². The molecule has 2 N–H and O–H groups in total. The molecule has 2 aliphatic carbocycles. The molecule has 25 heavy (non-hydrogen) atoms. The first kappa shape index (κ1) is 18.2. The monoisotopic (exact) mass is 344 g/mol. The molecule has 0 radical (unpaired) electrons. The summed E-state index contributed by atoms with van der Waals surface area (Å²) < 4.78 is 5.36. The first-order chi connectivity index (χ1) is 11.8. The number of alkyl carbamates (subject to hydrolysis) is 1.